The predicted molar refractivity (Wildman–Crippen MR) is 148 cm³/mol. The van der Waals surface area contributed by atoms with E-state index in [0.29, 0.717) is 0 Å². The molecule has 0 saturated carbocycles. The van der Waals surface area contributed by atoms with Gasteiger partial charge in [0.1, 0.15) is 29.3 Å². The van der Waals surface area contributed by atoms with Crippen molar-refractivity contribution in [2.24, 2.45) is 0 Å². The number of hydrogen-bond acceptors (Lipinski definition) is 6. The summed E-state index contributed by atoms with van der Waals surface area (Å²) >= 11 is 5.98. The summed E-state index contributed by atoms with van der Waals surface area (Å²) < 4.78 is 6.15. The minimum absolute atomic E-state index is 0.190. The summed E-state index contributed by atoms with van der Waals surface area (Å²) in [7, 11) is 0. The van der Waals surface area contributed by atoms with E-state index in [0.717, 1.165) is 77.6 Å². The first kappa shape index (κ1) is 23.9. The molecule has 0 unspecified atom stereocenters. The molecule has 0 atom stereocenters. The number of anilines is 5. The normalized spacial score (nSPS) is 13.9. The van der Waals surface area contributed by atoms with Crippen LogP contribution in [0, 0.1) is 0 Å². The van der Waals surface area contributed by atoms with Crippen molar-refractivity contribution in [2.75, 3.05) is 28.6 Å². The summed E-state index contributed by atoms with van der Waals surface area (Å²) in [6.45, 7) is 3.86. The molecule has 0 amide bonds. The number of aromatic nitrogens is 2. The molecule has 1 aliphatic heterocycles. The standard InChI is InChI=1S/C29H30ClN5O/c1-2-27-33-28(32-24-12-10-23(11-13-24)31-22-6-4-3-5-7-22)20-29(34-27)35-18-16-26(17-19-35)36-25-14-8-21(30)9-15-25/h3-15,20,26,31H,2,16-19H2,1H3,(H,32,33,34). The Hall–Kier alpha value is -3.77. The van der Waals surface area contributed by atoms with Gasteiger partial charge in [-0.15, -0.1) is 0 Å². The fourth-order valence-corrected chi connectivity index (χ4v) is 4.37. The lowest BCUT2D eigenvalue weighted by Crippen LogP contribution is -2.38. The highest BCUT2D eigenvalue weighted by atomic mass is 35.5. The maximum Gasteiger partial charge on any atom is 0.136 e. The van der Waals surface area contributed by atoms with E-state index in [-0.39, 0.29) is 6.10 Å². The molecule has 0 radical (unpaired) electrons. The van der Waals surface area contributed by atoms with Gasteiger partial charge in [-0.25, -0.2) is 9.97 Å². The molecular formula is C29H30ClN5O. The van der Waals surface area contributed by atoms with E-state index in [1.165, 1.54) is 0 Å². The molecule has 2 heterocycles. The van der Waals surface area contributed by atoms with Crippen molar-refractivity contribution in [3.8, 4) is 5.75 Å². The molecule has 3 aromatic carbocycles. The Bertz CT molecular complexity index is 1260. The zero-order valence-electron chi connectivity index (χ0n) is 20.3. The van der Waals surface area contributed by atoms with Crippen LogP contribution in [0.3, 0.4) is 0 Å². The third-order valence-corrected chi connectivity index (χ3v) is 6.43. The molecule has 36 heavy (non-hydrogen) atoms. The van der Waals surface area contributed by atoms with Gasteiger partial charge in [0, 0.05) is 60.5 Å². The van der Waals surface area contributed by atoms with Crippen molar-refractivity contribution < 1.29 is 4.74 Å². The van der Waals surface area contributed by atoms with Crippen molar-refractivity contribution in [3.63, 3.8) is 0 Å². The molecular weight excluding hydrogens is 470 g/mol. The first-order valence-corrected chi connectivity index (χ1v) is 12.8. The van der Waals surface area contributed by atoms with E-state index < -0.39 is 0 Å². The number of nitrogens with one attached hydrogen (secondary N) is 2. The van der Waals surface area contributed by atoms with Crippen LogP contribution < -0.4 is 20.3 Å². The van der Waals surface area contributed by atoms with Crippen molar-refractivity contribution in [3.05, 3.63) is 95.8 Å². The Labute approximate surface area is 217 Å². The van der Waals surface area contributed by atoms with Gasteiger partial charge in [-0.3, -0.25) is 0 Å². The molecule has 1 fully saturated rings. The van der Waals surface area contributed by atoms with Crippen LogP contribution in [0.15, 0.2) is 84.9 Å². The van der Waals surface area contributed by atoms with Gasteiger partial charge in [-0.1, -0.05) is 36.7 Å². The SMILES string of the molecule is CCc1nc(Nc2ccc(Nc3ccccc3)cc2)cc(N2CCC(Oc3ccc(Cl)cc3)CC2)n1. The monoisotopic (exact) mass is 499 g/mol. The van der Waals surface area contributed by atoms with Crippen LogP contribution in [0.4, 0.5) is 28.7 Å². The molecule has 2 N–H and O–H groups in total. The van der Waals surface area contributed by atoms with E-state index >= 15 is 0 Å². The zero-order chi connectivity index (χ0) is 24.7. The Kier molecular flexibility index (Phi) is 7.52. The Balaban J connectivity index is 1.22. The third kappa shape index (κ3) is 6.26. The highest BCUT2D eigenvalue weighted by molar-refractivity contribution is 6.30. The zero-order valence-corrected chi connectivity index (χ0v) is 21.1. The van der Waals surface area contributed by atoms with Gasteiger partial charge in [-0.2, -0.15) is 0 Å². The molecule has 1 aliphatic rings. The van der Waals surface area contributed by atoms with Gasteiger partial charge in [0.05, 0.1) is 0 Å². The number of aryl methyl sites for hydroxylation is 1. The van der Waals surface area contributed by atoms with Gasteiger partial charge in [0.25, 0.3) is 0 Å². The lowest BCUT2D eigenvalue weighted by Gasteiger charge is -2.33. The van der Waals surface area contributed by atoms with Crippen LogP contribution in [-0.4, -0.2) is 29.2 Å². The summed E-state index contributed by atoms with van der Waals surface area (Å²) in [6.07, 6.45) is 2.84. The smallest absolute Gasteiger partial charge is 0.136 e. The van der Waals surface area contributed by atoms with Crippen LogP contribution >= 0.6 is 11.6 Å². The summed E-state index contributed by atoms with van der Waals surface area (Å²) in [6, 6.07) is 28.0. The molecule has 0 spiro atoms. The average molecular weight is 500 g/mol. The highest BCUT2D eigenvalue weighted by Crippen LogP contribution is 2.26. The molecule has 1 aromatic heterocycles. The molecule has 4 aromatic rings. The van der Waals surface area contributed by atoms with E-state index in [9.17, 15) is 0 Å². The number of piperidine rings is 1. The van der Waals surface area contributed by atoms with E-state index in [1.54, 1.807) is 0 Å². The van der Waals surface area contributed by atoms with Gasteiger partial charge >= 0.3 is 0 Å². The number of rotatable bonds is 8. The minimum Gasteiger partial charge on any atom is -0.490 e. The number of ether oxygens (including phenoxy) is 1. The topological polar surface area (TPSA) is 62.3 Å². The number of para-hydroxylation sites is 1. The molecule has 0 bridgehead atoms. The Morgan fingerprint density at radius 2 is 1.47 bits per heavy atom. The highest BCUT2D eigenvalue weighted by Gasteiger charge is 2.22. The Morgan fingerprint density at radius 1 is 0.833 bits per heavy atom. The van der Waals surface area contributed by atoms with Crippen molar-refractivity contribution in [1.82, 2.24) is 9.97 Å². The molecule has 0 aliphatic carbocycles. The van der Waals surface area contributed by atoms with E-state index in [2.05, 4.69) is 46.7 Å². The van der Waals surface area contributed by atoms with Crippen molar-refractivity contribution in [2.45, 2.75) is 32.3 Å². The first-order valence-electron chi connectivity index (χ1n) is 12.4. The average Bonchev–Trinajstić information content (AvgIpc) is 2.92. The number of benzene rings is 3. The first-order chi connectivity index (χ1) is 17.6. The molecule has 6 nitrogen and oxygen atoms in total. The maximum absolute atomic E-state index is 6.15. The van der Waals surface area contributed by atoms with Crippen molar-refractivity contribution in [1.29, 1.82) is 0 Å². The fourth-order valence-electron chi connectivity index (χ4n) is 4.25. The quantitative estimate of drug-likeness (QED) is 0.266. The lowest BCUT2D eigenvalue weighted by molar-refractivity contribution is 0.170. The summed E-state index contributed by atoms with van der Waals surface area (Å²) in [4.78, 5) is 11.8. The van der Waals surface area contributed by atoms with E-state index in [1.807, 2.05) is 60.7 Å². The van der Waals surface area contributed by atoms with E-state index in [4.69, 9.17) is 26.3 Å². The van der Waals surface area contributed by atoms with Gasteiger partial charge in [-0.05, 0) is 60.7 Å². The van der Waals surface area contributed by atoms with Crippen molar-refractivity contribution >= 4 is 40.3 Å². The van der Waals surface area contributed by atoms with Crippen LogP contribution in [-0.2, 0) is 6.42 Å². The van der Waals surface area contributed by atoms with Gasteiger partial charge in [0.2, 0.25) is 0 Å². The fraction of sp³-hybridized carbons (Fsp3) is 0.241. The molecule has 5 rings (SSSR count). The number of halogens is 1. The third-order valence-electron chi connectivity index (χ3n) is 6.18. The maximum atomic E-state index is 6.15. The van der Waals surface area contributed by atoms with Crippen LogP contribution in [0.5, 0.6) is 5.75 Å². The van der Waals surface area contributed by atoms with Crippen LogP contribution in [0.25, 0.3) is 0 Å². The second kappa shape index (κ2) is 11.3. The summed E-state index contributed by atoms with van der Waals surface area (Å²) in [5.74, 6) is 3.46. The number of hydrogen-bond donors (Lipinski definition) is 2. The second-order valence-electron chi connectivity index (χ2n) is 8.83. The molecule has 7 heteroatoms. The number of nitrogens with zero attached hydrogens (tertiary/aromatic N) is 3. The predicted octanol–water partition coefficient (Wildman–Crippen LogP) is 7.23. The van der Waals surface area contributed by atoms with Gasteiger partial charge in [0.15, 0.2) is 0 Å². The second-order valence-corrected chi connectivity index (χ2v) is 9.27. The minimum atomic E-state index is 0.190. The summed E-state index contributed by atoms with van der Waals surface area (Å²) in [5, 5.41) is 7.58. The Morgan fingerprint density at radius 3 is 2.14 bits per heavy atom. The lowest BCUT2D eigenvalue weighted by atomic mass is 10.1. The van der Waals surface area contributed by atoms with Crippen LogP contribution in [0.1, 0.15) is 25.6 Å². The summed E-state index contributed by atoms with van der Waals surface area (Å²) in [5.41, 5.74) is 3.08. The van der Waals surface area contributed by atoms with Gasteiger partial charge < -0.3 is 20.3 Å². The van der Waals surface area contributed by atoms with Crippen LogP contribution in [0.2, 0.25) is 5.02 Å². The largest absolute Gasteiger partial charge is 0.490 e. The molecule has 184 valence electrons. The molecule has 1 saturated heterocycles.